The van der Waals surface area contributed by atoms with Crippen LogP contribution in [0, 0.1) is 0 Å². The van der Waals surface area contributed by atoms with Crippen molar-refractivity contribution in [3.63, 3.8) is 0 Å². The third kappa shape index (κ3) is 8.11. The zero-order valence-electron chi connectivity index (χ0n) is 14.5. The van der Waals surface area contributed by atoms with Crippen LogP contribution in [0.2, 0.25) is 0 Å². The van der Waals surface area contributed by atoms with Crippen LogP contribution in [0.3, 0.4) is 0 Å². The van der Waals surface area contributed by atoms with Gasteiger partial charge in [-0.15, -0.1) is 0 Å². The van der Waals surface area contributed by atoms with Gasteiger partial charge in [0.25, 0.3) is 0 Å². The molecule has 0 amide bonds. The maximum atomic E-state index is 11.6. The van der Waals surface area contributed by atoms with Crippen LogP contribution in [0.4, 0.5) is 0 Å². The normalized spacial score (nSPS) is 10.9. The van der Waals surface area contributed by atoms with Crippen molar-refractivity contribution < 1.29 is 19.1 Å². The molecule has 0 aliphatic rings. The quantitative estimate of drug-likeness (QED) is 0.364. The molecule has 0 saturated heterocycles. The minimum atomic E-state index is -0.311. The molecule has 0 fully saturated rings. The first-order valence-corrected chi connectivity index (χ1v) is 8.56. The van der Waals surface area contributed by atoms with Crippen molar-refractivity contribution >= 4 is 24.1 Å². The van der Waals surface area contributed by atoms with E-state index in [1.54, 1.807) is 12.2 Å². The van der Waals surface area contributed by atoms with Gasteiger partial charge < -0.3 is 9.47 Å². The summed E-state index contributed by atoms with van der Waals surface area (Å²) in [4.78, 5) is 23.2. The number of benzene rings is 2. The predicted molar refractivity (Wildman–Crippen MR) is 102 cm³/mol. The van der Waals surface area contributed by atoms with Crippen LogP contribution >= 0.6 is 0 Å². The summed E-state index contributed by atoms with van der Waals surface area (Å²) in [5.41, 5.74) is 1.93. The number of hydrogen-bond acceptors (Lipinski definition) is 4. The Labute approximate surface area is 153 Å². The van der Waals surface area contributed by atoms with Gasteiger partial charge in [0.15, 0.2) is 0 Å². The molecule has 4 nitrogen and oxygen atoms in total. The van der Waals surface area contributed by atoms with Crippen LogP contribution in [0.1, 0.15) is 36.8 Å². The lowest BCUT2D eigenvalue weighted by Gasteiger charge is -2.01. The summed E-state index contributed by atoms with van der Waals surface area (Å²) in [5, 5.41) is 0. The second-order valence-electron chi connectivity index (χ2n) is 5.61. The minimum Gasteiger partial charge on any atom is -0.434 e. The van der Waals surface area contributed by atoms with Crippen LogP contribution < -0.4 is 0 Å². The van der Waals surface area contributed by atoms with Gasteiger partial charge in [-0.05, 0) is 36.1 Å². The fourth-order valence-electron chi connectivity index (χ4n) is 2.16. The van der Waals surface area contributed by atoms with Gasteiger partial charge in [0, 0.05) is 12.8 Å². The molecule has 0 unspecified atom stereocenters. The minimum absolute atomic E-state index is 0.270. The molecule has 0 radical (unpaired) electrons. The van der Waals surface area contributed by atoms with Crippen molar-refractivity contribution in [3.8, 4) is 0 Å². The lowest BCUT2D eigenvalue weighted by Crippen LogP contribution is -2.02. The molecule has 0 atom stereocenters. The lowest BCUT2D eigenvalue weighted by molar-refractivity contribution is -0.140. The van der Waals surface area contributed by atoms with Crippen LogP contribution in [-0.4, -0.2) is 11.9 Å². The van der Waals surface area contributed by atoms with E-state index in [0.717, 1.165) is 11.1 Å². The van der Waals surface area contributed by atoms with Gasteiger partial charge in [0.2, 0.25) is 0 Å². The molecule has 0 saturated carbocycles. The Hall–Kier alpha value is -3.14. The maximum Gasteiger partial charge on any atom is 0.310 e. The number of esters is 2. The van der Waals surface area contributed by atoms with E-state index in [2.05, 4.69) is 0 Å². The Morgan fingerprint density at radius 3 is 1.42 bits per heavy atom. The molecular formula is C22H22O4. The van der Waals surface area contributed by atoms with E-state index in [1.165, 1.54) is 12.5 Å². The molecule has 0 bridgehead atoms. The van der Waals surface area contributed by atoms with Crippen molar-refractivity contribution in [1.82, 2.24) is 0 Å². The highest BCUT2D eigenvalue weighted by molar-refractivity contribution is 5.72. The molecule has 0 aliphatic carbocycles. The van der Waals surface area contributed by atoms with Crippen molar-refractivity contribution in [2.24, 2.45) is 0 Å². The molecule has 0 spiro atoms. The first kappa shape index (κ1) is 19.2. The first-order chi connectivity index (χ1) is 12.7. The van der Waals surface area contributed by atoms with Gasteiger partial charge in [-0.1, -0.05) is 60.7 Å². The summed E-state index contributed by atoms with van der Waals surface area (Å²) in [7, 11) is 0. The molecule has 2 aromatic rings. The predicted octanol–water partition coefficient (Wildman–Crippen LogP) is 4.98. The number of carbonyl (C=O) groups is 2. The van der Waals surface area contributed by atoms with Gasteiger partial charge in [0.1, 0.15) is 0 Å². The summed E-state index contributed by atoms with van der Waals surface area (Å²) in [5.74, 6) is -0.621. The summed E-state index contributed by atoms with van der Waals surface area (Å²) in [6.07, 6.45) is 7.94. The highest BCUT2D eigenvalue weighted by Gasteiger charge is 2.04. The standard InChI is InChI=1S/C22H22O4/c23-21(25-17-15-19-9-3-1-4-10-19)13-7-8-14-22(24)26-18-16-20-11-5-2-6-12-20/h1-6,9-12,15-18H,7-8,13-14H2. The molecule has 4 heteroatoms. The molecule has 0 heterocycles. The molecular weight excluding hydrogens is 328 g/mol. The van der Waals surface area contributed by atoms with Crippen LogP contribution in [0.15, 0.2) is 73.2 Å². The fourth-order valence-corrected chi connectivity index (χ4v) is 2.16. The number of ether oxygens (including phenoxy) is 2. The lowest BCUT2D eigenvalue weighted by atomic mass is 10.2. The van der Waals surface area contributed by atoms with Gasteiger partial charge in [-0.25, -0.2) is 0 Å². The van der Waals surface area contributed by atoms with Crippen LogP contribution in [0.5, 0.6) is 0 Å². The van der Waals surface area contributed by atoms with Crippen LogP contribution in [0.25, 0.3) is 12.2 Å². The van der Waals surface area contributed by atoms with Crippen molar-refractivity contribution in [3.05, 3.63) is 84.3 Å². The number of carbonyl (C=O) groups excluding carboxylic acids is 2. The van der Waals surface area contributed by atoms with Crippen LogP contribution in [-0.2, 0) is 19.1 Å². The fraction of sp³-hybridized carbons (Fsp3) is 0.182. The number of unbranched alkanes of at least 4 members (excludes halogenated alkanes) is 1. The monoisotopic (exact) mass is 350 g/mol. The number of rotatable bonds is 9. The van der Waals surface area contributed by atoms with Crippen molar-refractivity contribution in [2.75, 3.05) is 0 Å². The van der Waals surface area contributed by atoms with E-state index in [0.29, 0.717) is 12.8 Å². The molecule has 2 rings (SSSR count). The van der Waals surface area contributed by atoms with Crippen molar-refractivity contribution in [1.29, 1.82) is 0 Å². The van der Waals surface area contributed by atoms with Gasteiger partial charge in [0.05, 0.1) is 12.5 Å². The highest BCUT2D eigenvalue weighted by atomic mass is 16.5. The van der Waals surface area contributed by atoms with E-state index in [-0.39, 0.29) is 24.8 Å². The van der Waals surface area contributed by atoms with Gasteiger partial charge in [-0.2, -0.15) is 0 Å². The Bertz CT molecular complexity index is 668. The van der Waals surface area contributed by atoms with Crippen molar-refractivity contribution in [2.45, 2.75) is 25.7 Å². The Balaban J connectivity index is 1.55. The van der Waals surface area contributed by atoms with E-state index in [4.69, 9.17) is 9.47 Å². The Kier molecular flexibility index (Phi) is 8.43. The summed E-state index contributed by atoms with van der Waals surface area (Å²) in [6, 6.07) is 19.2. The Morgan fingerprint density at radius 1 is 0.654 bits per heavy atom. The number of hydrogen-bond donors (Lipinski definition) is 0. The summed E-state index contributed by atoms with van der Waals surface area (Å²) in [6.45, 7) is 0. The summed E-state index contributed by atoms with van der Waals surface area (Å²) < 4.78 is 10.0. The molecule has 0 aromatic heterocycles. The zero-order valence-corrected chi connectivity index (χ0v) is 14.5. The molecule has 0 aliphatic heterocycles. The van der Waals surface area contributed by atoms with Gasteiger partial charge >= 0.3 is 11.9 Å². The molecule has 0 N–H and O–H groups in total. The largest absolute Gasteiger partial charge is 0.434 e. The molecule has 26 heavy (non-hydrogen) atoms. The maximum absolute atomic E-state index is 11.6. The van der Waals surface area contributed by atoms with E-state index >= 15 is 0 Å². The molecule has 2 aromatic carbocycles. The second kappa shape index (κ2) is 11.4. The third-order valence-corrected chi connectivity index (χ3v) is 3.53. The average Bonchev–Trinajstić information content (AvgIpc) is 2.67. The second-order valence-corrected chi connectivity index (χ2v) is 5.61. The zero-order chi connectivity index (χ0) is 18.5. The van der Waals surface area contributed by atoms with E-state index in [9.17, 15) is 9.59 Å². The smallest absolute Gasteiger partial charge is 0.310 e. The van der Waals surface area contributed by atoms with E-state index < -0.39 is 0 Å². The SMILES string of the molecule is O=C(CCCCC(=O)OC=Cc1ccccc1)OC=Cc1ccccc1. The van der Waals surface area contributed by atoms with Gasteiger partial charge in [-0.3, -0.25) is 9.59 Å². The summed E-state index contributed by atoms with van der Waals surface area (Å²) >= 11 is 0. The highest BCUT2D eigenvalue weighted by Crippen LogP contribution is 2.06. The molecule has 134 valence electrons. The Morgan fingerprint density at radius 2 is 1.04 bits per heavy atom. The topological polar surface area (TPSA) is 52.6 Å². The third-order valence-electron chi connectivity index (χ3n) is 3.53. The van der Waals surface area contributed by atoms with E-state index in [1.807, 2.05) is 60.7 Å². The first-order valence-electron chi connectivity index (χ1n) is 8.56. The average molecular weight is 350 g/mol.